The van der Waals surface area contributed by atoms with E-state index in [2.05, 4.69) is 24.1 Å². The van der Waals surface area contributed by atoms with Gasteiger partial charge in [-0.3, -0.25) is 4.79 Å². The lowest BCUT2D eigenvalue weighted by atomic mass is 9.92. The average Bonchev–Trinajstić information content (AvgIpc) is 2.88. The van der Waals surface area contributed by atoms with Crippen LogP contribution in [-0.2, 0) is 10.3 Å². The lowest BCUT2D eigenvalue weighted by molar-refractivity contribution is -0.120. The van der Waals surface area contributed by atoms with Crippen LogP contribution in [0.3, 0.4) is 0 Å². The van der Waals surface area contributed by atoms with Crippen molar-refractivity contribution in [2.24, 2.45) is 5.73 Å². The number of nitrogens with two attached hydrogens (primary N) is 1. The molecule has 1 atom stereocenters. The Bertz CT molecular complexity index is 596. The fourth-order valence-electron chi connectivity index (χ4n) is 1.75. The molecule has 1 amide bonds. The van der Waals surface area contributed by atoms with E-state index in [1.807, 2.05) is 35.7 Å². The zero-order valence-electron chi connectivity index (χ0n) is 12.3. The Labute approximate surface area is 135 Å². The SMILES string of the molecule is CC(C)c1csc(NC(=O)C(C)(N)c2ccccc2)n1.Cl. The molecule has 0 bridgehead atoms. The summed E-state index contributed by atoms with van der Waals surface area (Å²) in [5, 5.41) is 5.34. The number of nitrogens with one attached hydrogen (secondary N) is 1. The van der Waals surface area contributed by atoms with Gasteiger partial charge in [-0.1, -0.05) is 44.2 Å². The van der Waals surface area contributed by atoms with Gasteiger partial charge < -0.3 is 11.1 Å². The van der Waals surface area contributed by atoms with Crippen molar-refractivity contribution in [2.75, 3.05) is 5.32 Å². The second-order valence-electron chi connectivity index (χ2n) is 5.25. The van der Waals surface area contributed by atoms with Crippen molar-refractivity contribution in [1.82, 2.24) is 4.98 Å². The summed E-state index contributed by atoms with van der Waals surface area (Å²) < 4.78 is 0. The number of nitrogens with zero attached hydrogens (tertiary/aromatic N) is 1. The van der Waals surface area contributed by atoms with Crippen LogP contribution in [0.2, 0.25) is 0 Å². The molecule has 21 heavy (non-hydrogen) atoms. The van der Waals surface area contributed by atoms with E-state index >= 15 is 0 Å². The molecule has 0 saturated heterocycles. The van der Waals surface area contributed by atoms with Gasteiger partial charge in [0.1, 0.15) is 5.54 Å². The van der Waals surface area contributed by atoms with Gasteiger partial charge in [-0.15, -0.1) is 23.7 Å². The Morgan fingerprint density at radius 3 is 2.48 bits per heavy atom. The van der Waals surface area contributed by atoms with Crippen molar-refractivity contribution in [1.29, 1.82) is 0 Å². The predicted molar refractivity (Wildman–Crippen MR) is 90.1 cm³/mol. The second kappa shape index (κ2) is 7.02. The van der Waals surface area contributed by atoms with Crippen molar-refractivity contribution in [2.45, 2.75) is 32.2 Å². The van der Waals surface area contributed by atoms with E-state index in [4.69, 9.17) is 5.73 Å². The third-order valence-corrected chi connectivity index (χ3v) is 3.96. The summed E-state index contributed by atoms with van der Waals surface area (Å²) in [7, 11) is 0. The number of aromatic nitrogens is 1. The van der Waals surface area contributed by atoms with Gasteiger partial charge in [0, 0.05) is 5.38 Å². The summed E-state index contributed by atoms with van der Waals surface area (Å²) >= 11 is 1.42. The summed E-state index contributed by atoms with van der Waals surface area (Å²) in [5.74, 6) is 0.0867. The maximum atomic E-state index is 12.3. The Morgan fingerprint density at radius 1 is 1.33 bits per heavy atom. The highest BCUT2D eigenvalue weighted by Gasteiger charge is 2.31. The molecule has 0 fully saturated rings. The number of thiazole rings is 1. The number of hydrogen-bond donors (Lipinski definition) is 2. The molecule has 0 saturated carbocycles. The van der Waals surface area contributed by atoms with Crippen LogP contribution in [0.5, 0.6) is 0 Å². The largest absolute Gasteiger partial charge is 0.314 e. The van der Waals surface area contributed by atoms with Gasteiger partial charge in [-0.25, -0.2) is 4.98 Å². The molecule has 1 unspecified atom stereocenters. The molecular weight excluding hydrogens is 306 g/mol. The minimum absolute atomic E-state index is 0. The molecule has 0 radical (unpaired) electrons. The molecule has 2 aromatic rings. The molecule has 3 N–H and O–H groups in total. The van der Waals surface area contributed by atoms with Crippen LogP contribution >= 0.6 is 23.7 Å². The zero-order chi connectivity index (χ0) is 14.8. The summed E-state index contributed by atoms with van der Waals surface area (Å²) in [5.41, 5.74) is 6.83. The number of rotatable bonds is 4. The van der Waals surface area contributed by atoms with E-state index in [0.717, 1.165) is 11.3 Å². The van der Waals surface area contributed by atoms with Crippen molar-refractivity contribution in [3.8, 4) is 0 Å². The molecule has 0 aliphatic heterocycles. The lowest BCUT2D eigenvalue weighted by Gasteiger charge is -2.23. The van der Waals surface area contributed by atoms with E-state index in [1.54, 1.807) is 6.92 Å². The zero-order valence-corrected chi connectivity index (χ0v) is 13.9. The summed E-state index contributed by atoms with van der Waals surface area (Å²) in [6, 6.07) is 9.33. The Morgan fingerprint density at radius 2 is 1.95 bits per heavy atom. The maximum absolute atomic E-state index is 12.3. The third kappa shape index (κ3) is 4.03. The molecule has 0 aliphatic carbocycles. The van der Waals surface area contributed by atoms with E-state index in [0.29, 0.717) is 11.0 Å². The van der Waals surface area contributed by atoms with Crippen LogP contribution < -0.4 is 11.1 Å². The van der Waals surface area contributed by atoms with E-state index in [9.17, 15) is 4.79 Å². The van der Waals surface area contributed by atoms with Crippen molar-refractivity contribution in [3.63, 3.8) is 0 Å². The fraction of sp³-hybridized carbons (Fsp3) is 0.333. The molecule has 0 aliphatic rings. The Kier molecular flexibility index (Phi) is 5.89. The molecule has 6 heteroatoms. The quantitative estimate of drug-likeness (QED) is 0.904. The maximum Gasteiger partial charge on any atom is 0.250 e. The number of halogens is 1. The number of hydrogen-bond acceptors (Lipinski definition) is 4. The average molecular weight is 326 g/mol. The van der Waals surface area contributed by atoms with Crippen molar-refractivity contribution in [3.05, 3.63) is 47.0 Å². The topological polar surface area (TPSA) is 68.0 Å². The minimum Gasteiger partial charge on any atom is -0.314 e. The Hall–Kier alpha value is -1.43. The first-order chi connectivity index (χ1) is 9.41. The molecule has 4 nitrogen and oxygen atoms in total. The smallest absolute Gasteiger partial charge is 0.250 e. The summed E-state index contributed by atoms with van der Waals surface area (Å²) in [6.45, 7) is 5.84. The number of carbonyl (C=O) groups excluding carboxylic acids is 1. The highest BCUT2D eigenvalue weighted by molar-refractivity contribution is 7.13. The van der Waals surface area contributed by atoms with Crippen LogP contribution in [0.1, 0.15) is 37.9 Å². The second-order valence-corrected chi connectivity index (χ2v) is 6.11. The molecule has 1 aromatic heterocycles. The lowest BCUT2D eigenvalue weighted by Crippen LogP contribution is -2.45. The summed E-state index contributed by atoms with van der Waals surface area (Å²) in [6.07, 6.45) is 0. The third-order valence-electron chi connectivity index (χ3n) is 3.18. The van der Waals surface area contributed by atoms with Gasteiger partial charge in [0.25, 0.3) is 5.91 Å². The number of anilines is 1. The van der Waals surface area contributed by atoms with E-state index in [1.165, 1.54) is 11.3 Å². The van der Waals surface area contributed by atoms with Gasteiger partial charge in [0.05, 0.1) is 5.69 Å². The van der Waals surface area contributed by atoms with Gasteiger partial charge in [-0.2, -0.15) is 0 Å². The standard InChI is InChI=1S/C15H19N3OS.ClH/c1-10(2)12-9-20-14(17-12)18-13(19)15(3,16)11-7-5-4-6-8-11;/h4-10H,16H2,1-3H3,(H,17,18,19);1H. The van der Waals surface area contributed by atoms with Gasteiger partial charge in [0.15, 0.2) is 5.13 Å². The molecule has 1 heterocycles. The van der Waals surface area contributed by atoms with Crippen molar-refractivity contribution >= 4 is 34.8 Å². The number of amides is 1. The van der Waals surface area contributed by atoms with Crippen LogP contribution in [0.25, 0.3) is 0 Å². The minimum atomic E-state index is -1.08. The predicted octanol–water partition coefficient (Wildman–Crippen LogP) is 3.50. The monoisotopic (exact) mass is 325 g/mol. The van der Waals surface area contributed by atoms with Crippen LogP contribution in [0.4, 0.5) is 5.13 Å². The van der Waals surface area contributed by atoms with Crippen LogP contribution in [0.15, 0.2) is 35.7 Å². The Balaban J connectivity index is 0.00000220. The first-order valence-electron chi connectivity index (χ1n) is 6.52. The van der Waals surface area contributed by atoms with Crippen LogP contribution in [0, 0.1) is 0 Å². The van der Waals surface area contributed by atoms with Gasteiger partial charge in [0.2, 0.25) is 0 Å². The van der Waals surface area contributed by atoms with Gasteiger partial charge >= 0.3 is 0 Å². The van der Waals surface area contributed by atoms with E-state index in [-0.39, 0.29) is 18.3 Å². The molecule has 2 rings (SSSR count). The summed E-state index contributed by atoms with van der Waals surface area (Å²) in [4.78, 5) is 16.7. The highest BCUT2D eigenvalue weighted by Crippen LogP contribution is 2.24. The fourth-order valence-corrected chi connectivity index (χ4v) is 2.62. The van der Waals surface area contributed by atoms with Crippen LogP contribution in [-0.4, -0.2) is 10.9 Å². The molecule has 0 spiro atoms. The highest BCUT2D eigenvalue weighted by atomic mass is 35.5. The van der Waals surface area contributed by atoms with Crippen molar-refractivity contribution < 1.29 is 4.79 Å². The van der Waals surface area contributed by atoms with E-state index < -0.39 is 5.54 Å². The first-order valence-corrected chi connectivity index (χ1v) is 7.40. The first kappa shape index (κ1) is 17.6. The normalized spacial score (nSPS) is 13.4. The molecule has 1 aromatic carbocycles. The van der Waals surface area contributed by atoms with Gasteiger partial charge in [-0.05, 0) is 18.4 Å². The number of benzene rings is 1. The molecule has 114 valence electrons. The molecular formula is C15H20ClN3OS. The number of carbonyl (C=O) groups is 1.